The third kappa shape index (κ3) is 6.16. The normalized spacial score (nSPS) is 22.5. The molecule has 2 saturated heterocycles. The predicted octanol–water partition coefficient (Wildman–Crippen LogP) is 6.35. The van der Waals surface area contributed by atoms with E-state index in [1.165, 1.54) is 43.2 Å². The molecule has 0 spiro atoms. The van der Waals surface area contributed by atoms with Crippen LogP contribution in [0.1, 0.15) is 85.9 Å². The van der Waals surface area contributed by atoms with Crippen molar-refractivity contribution in [1.82, 2.24) is 0 Å². The van der Waals surface area contributed by atoms with Gasteiger partial charge in [0.25, 0.3) is 0 Å². The maximum absolute atomic E-state index is 5.21. The number of fused-ring (bicyclic) bond motifs is 3. The van der Waals surface area contributed by atoms with Crippen molar-refractivity contribution < 1.29 is 51.3 Å². The number of benzene rings is 2. The van der Waals surface area contributed by atoms with Gasteiger partial charge in [-0.3, -0.25) is 0 Å². The summed E-state index contributed by atoms with van der Waals surface area (Å²) in [7, 11) is 2.83. The second kappa shape index (κ2) is 10.7. The van der Waals surface area contributed by atoms with E-state index in [1.54, 1.807) is 0 Å². The summed E-state index contributed by atoms with van der Waals surface area (Å²) in [5.41, 5.74) is 6.31. The summed E-state index contributed by atoms with van der Waals surface area (Å²) < 4.78 is 20.8. The second-order valence-corrected chi connectivity index (χ2v) is 11.9. The van der Waals surface area contributed by atoms with E-state index in [2.05, 4.69) is 57.2 Å². The first-order chi connectivity index (χ1) is 15.5. The molecule has 0 saturated carbocycles. The SMILES string of the molecule is CC1(C)O[B]OC1(C)C.CC1(C)O[B]OC1(C)C.Cc1ccc2c(c1)C(C)(C)c1c[c-]ccc1-2.[Y]. The van der Waals surface area contributed by atoms with Gasteiger partial charge in [0.1, 0.15) is 0 Å². The van der Waals surface area contributed by atoms with E-state index in [9.17, 15) is 0 Å². The van der Waals surface area contributed by atoms with Gasteiger partial charge in [-0.25, -0.2) is 0 Å². The molecule has 2 aromatic carbocycles. The standard InChI is InChI=1S/C16H15.2C6H12BO2.Y/c1-11-8-9-13-12-6-4-5-7-14(12)16(2,3)15(13)10-11;2*1-5(2)6(3,4)9-7-8-5;/h4,6-10H,1-3H3;2*1-4H3;/q-1;;;. The van der Waals surface area contributed by atoms with Crippen molar-refractivity contribution in [1.29, 1.82) is 0 Å². The Hall–Kier alpha value is -0.486. The Morgan fingerprint density at radius 1 is 0.629 bits per heavy atom. The fraction of sp³-hybridized carbons (Fsp3) is 0.571. The summed E-state index contributed by atoms with van der Waals surface area (Å²) in [4.78, 5) is 0. The Balaban J connectivity index is 0.000000197. The predicted molar refractivity (Wildman–Crippen MR) is 140 cm³/mol. The molecule has 1 aliphatic carbocycles. The van der Waals surface area contributed by atoms with Crippen LogP contribution in [0.25, 0.3) is 11.1 Å². The van der Waals surface area contributed by atoms with Crippen LogP contribution in [0.3, 0.4) is 0 Å². The molecule has 4 nitrogen and oxygen atoms in total. The summed E-state index contributed by atoms with van der Waals surface area (Å²) in [6, 6.07) is 16.3. The largest absolute Gasteiger partial charge is 0.488 e. The molecule has 0 N–H and O–H groups in total. The molecule has 185 valence electrons. The number of aryl methyl sites for hydroxylation is 1. The van der Waals surface area contributed by atoms with Gasteiger partial charge in [0.05, 0.1) is 22.4 Å². The summed E-state index contributed by atoms with van der Waals surface area (Å²) in [6.07, 6.45) is 0. The molecule has 7 heteroatoms. The van der Waals surface area contributed by atoms with E-state index < -0.39 is 0 Å². The Labute approximate surface area is 239 Å². The molecule has 0 amide bonds. The first-order valence-corrected chi connectivity index (χ1v) is 12.0. The Bertz CT molecular complexity index is 973. The summed E-state index contributed by atoms with van der Waals surface area (Å²) in [5.74, 6) is 0. The molecule has 2 fully saturated rings. The van der Waals surface area contributed by atoms with Crippen molar-refractivity contribution in [3.8, 4) is 11.1 Å². The zero-order valence-electron chi connectivity index (χ0n) is 23.3. The average Bonchev–Trinajstić information content (AvgIpc) is 3.22. The second-order valence-electron chi connectivity index (χ2n) is 11.9. The van der Waals surface area contributed by atoms with Crippen molar-refractivity contribution in [3.63, 3.8) is 0 Å². The van der Waals surface area contributed by atoms with Crippen LogP contribution in [0.15, 0.2) is 36.4 Å². The maximum atomic E-state index is 5.21. The van der Waals surface area contributed by atoms with Gasteiger partial charge in [-0.15, -0.1) is 11.1 Å². The van der Waals surface area contributed by atoms with Gasteiger partial charge in [-0.2, -0.15) is 24.3 Å². The van der Waals surface area contributed by atoms with Crippen molar-refractivity contribution in [2.24, 2.45) is 0 Å². The molecule has 2 aromatic rings. The molecular weight excluding hydrogens is 511 g/mol. The van der Waals surface area contributed by atoms with Crippen molar-refractivity contribution in [2.45, 2.75) is 104 Å². The third-order valence-electron chi connectivity index (χ3n) is 7.95. The zero-order valence-corrected chi connectivity index (χ0v) is 26.2. The van der Waals surface area contributed by atoms with Crippen molar-refractivity contribution in [3.05, 3.63) is 59.2 Å². The Morgan fingerprint density at radius 3 is 1.46 bits per heavy atom. The van der Waals surface area contributed by atoms with Gasteiger partial charge in [0.15, 0.2) is 0 Å². The molecule has 0 atom stereocenters. The molecule has 35 heavy (non-hydrogen) atoms. The fourth-order valence-electron chi connectivity index (χ4n) is 3.83. The quantitative estimate of drug-likeness (QED) is 0.283. The van der Waals surface area contributed by atoms with Crippen LogP contribution >= 0.6 is 0 Å². The summed E-state index contributed by atoms with van der Waals surface area (Å²) in [5, 5.41) is 0. The van der Waals surface area contributed by atoms with Gasteiger partial charge < -0.3 is 18.6 Å². The molecular formula is C28H39B2O4Y-. The molecule has 0 aromatic heterocycles. The van der Waals surface area contributed by atoms with E-state index in [-0.39, 0.29) is 60.5 Å². The van der Waals surface area contributed by atoms with Gasteiger partial charge in [-0.1, -0.05) is 37.6 Å². The average molecular weight is 550 g/mol. The van der Waals surface area contributed by atoms with E-state index >= 15 is 0 Å². The van der Waals surface area contributed by atoms with Gasteiger partial charge >= 0.3 is 15.4 Å². The van der Waals surface area contributed by atoms with Gasteiger partial charge in [-0.05, 0) is 78.9 Å². The van der Waals surface area contributed by atoms with E-state index in [1.807, 2.05) is 61.5 Å². The van der Waals surface area contributed by atoms with E-state index in [4.69, 9.17) is 18.6 Å². The number of hydrogen-bond acceptors (Lipinski definition) is 4. The molecule has 3 radical (unpaired) electrons. The van der Waals surface area contributed by atoms with Crippen LogP contribution < -0.4 is 0 Å². The van der Waals surface area contributed by atoms with Crippen LogP contribution in [0.5, 0.6) is 0 Å². The molecule has 5 rings (SSSR count). The maximum Gasteiger partial charge on any atom is 0.488 e. The fourth-order valence-corrected chi connectivity index (χ4v) is 3.83. The minimum atomic E-state index is -0.188. The molecule has 2 heterocycles. The monoisotopic (exact) mass is 550 g/mol. The number of rotatable bonds is 0. The number of hydrogen-bond donors (Lipinski definition) is 0. The molecule has 3 aliphatic rings. The molecule has 2 aliphatic heterocycles. The van der Waals surface area contributed by atoms with Crippen LogP contribution in [0.4, 0.5) is 0 Å². The van der Waals surface area contributed by atoms with Crippen molar-refractivity contribution in [2.75, 3.05) is 0 Å². The van der Waals surface area contributed by atoms with E-state index in [0.717, 1.165) is 0 Å². The Morgan fingerprint density at radius 2 is 1.06 bits per heavy atom. The zero-order chi connectivity index (χ0) is 25.6. The van der Waals surface area contributed by atoms with Gasteiger partial charge in [0, 0.05) is 32.7 Å². The third-order valence-corrected chi connectivity index (χ3v) is 7.95. The molecule has 0 bridgehead atoms. The smallest absolute Gasteiger partial charge is 0.405 e. The topological polar surface area (TPSA) is 36.9 Å². The van der Waals surface area contributed by atoms with E-state index in [0.29, 0.717) is 0 Å². The minimum Gasteiger partial charge on any atom is -0.405 e. The van der Waals surface area contributed by atoms with Crippen LogP contribution in [0, 0.1) is 13.0 Å². The Kier molecular flexibility index (Phi) is 9.41. The minimum absolute atomic E-state index is 0. The van der Waals surface area contributed by atoms with Crippen LogP contribution in [-0.2, 0) is 56.7 Å². The first-order valence-electron chi connectivity index (χ1n) is 12.0. The van der Waals surface area contributed by atoms with Crippen LogP contribution in [0.2, 0.25) is 0 Å². The van der Waals surface area contributed by atoms with Gasteiger partial charge in [0.2, 0.25) is 0 Å². The van der Waals surface area contributed by atoms with Crippen molar-refractivity contribution >= 4 is 15.4 Å². The summed E-state index contributed by atoms with van der Waals surface area (Å²) in [6.45, 7) is 22.8. The molecule has 0 unspecified atom stereocenters. The first kappa shape index (κ1) is 30.7. The summed E-state index contributed by atoms with van der Waals surface area (Å²) >= 11 is 0. The van der Waals surface area contributed by atoms with Crippen LogP contribution in [-0.4, -0.2) is 37.8 Å².